The van der Waals surface area contributed by atoms with E-state index in [0.717, 1.165) is 5.69 Å². The molecule has 4 nitrogen and oxygen atoms in total. The summed E-state index contributed by atoms with van der Waals surface area (Å²) in [7, 11) is 0. The van der Waals surface area contributed by atoms with Crippen molar-refractivity contribution in [2.75, 3.05) is 5.32 Å². The van der Waals surface area contributed by atoms with Crippen LogP contribution in [0, 0.1) is 0 Å². The van der Waals surface area contributed by atoms with Gasteiger partial charge in [-0.1, -0.05) is 32.6 Å². The third-order valence-corrected chi connectivity index (χ3v) is 3.79. The average molecular weight is 377 g/mol. The minimum absolute atomic E-state index is 0.0894. The van der Waals surface area contributed by atoms with Crippen LogP contribution in [0.1, 0.15) is 30.9 Å². The maximum atomic E-state index is 12.1. The predicted molar refractivity (Wildman–Crippen MR) is 105 cm³/mol. The number of hydrogen-bond acceptors (Lipinski definition) is 3. The van der Waals surface area contributed by atoms with Crippen LogP contribution in [0.25, 0.3) is 5.70 Å². The molecule has 2 aromatic carbocycles. The Morgan fingerprint density at radius 3 is 2.15 bits per heavy atom. The van der Waals surface area contributed by atoms with Crippen LogP contribution < -0.4 is 20.9 Å². The first kappa shape index (κ1) is 19.7. The van der Waals surface area contributed by atoms with Gasteiger partial charge >= 0.3 is 6.61 Å². The van der Waals surface area contributed by atoms with Crippen LogP contribution in [-0.2, 0) is 0 Å². The van der Waals surface area contributed by atoms with Gasteiger partial charge in [-0.3, -0.25) is 10.9 Å². The van der Waals surface area contributed by atoms with Crippen LogP contribution in [0.3, 0.4) is 0 Å². The summed E-state index contributed by atoms with van der Waals surface area (Å²) in [4.78, 5) is 0. The molecule has 2 rings (SSSR count). The van der Waals surface area contributed by atoms with Crippen molar-refractivity contribution < 1.29 is 13.5 Å². The van der Waals surface area contributed by atoms with E-state index in [9.17, 15) is 8.78 Å². The van der Waals surface area contributed by atoms with E-state index in [-0.39, 0.29) is 5.75 Å². The summed E-state index contributed by atoms with van der Waals surface area (Å²) in [5, 5.41) is 3.43. The number of halogens is 2. The number of thiocarbonyl (C=S) groups is 1. The molecule has 0 radical (unpaired) electrons. The average Bonchev–Trinajstić information content (AvgIpc) is 2.60. The highest BCUT2D eigenvalue weighted by Crippen LogP contribution is 2.18. The van der Waals surface area contributed by atoms with Gasteiger partial charge in [0.15, 0.2) is 5.11 Å². The molecule has 3 N–H and O–H groups in total. The van der Waals surface area contributed by atoms with E-state index in [1.54, 1.807) is 12.1 Å². The lowest BCUT2D eigenvalue weighted by Gasteiger charge is -2.15. The minimum Gasteiger partial charge on any atom is -0.435 e. The number of ether oxygens (including phenoxy) is 1. The molecule has 7 heteroatoms. The molecule has 0 amide bonds. The third kappa shape index (κ3) is 6.00. The second-order valence-corrected chi connectivity index (χ2v) is 6.27. The molecule has 0 aliphatic heterocycles. The smallest absolute Gasteiger partial charge is 0.387 e. The molecule has 2 aromatic rings. The molecule has 26 heavy (non-hydrogen) atoms. The maximum Gasteiger partial charge on any atom is 0.387 e. The Labute approximate surface area is 157 Å². The van der Waals surface area contributed by atoms with Gasteiger partial charge in [-0.2, -0.15) is 8.78 Å². The van der Waals surface area contributed by atoms with Crippen LogP contribution in [0.15, 0.2) is 55.1 Å². The van der Waals surface area contributed by atoms with Crippen molar-refractivity contribution in [2.45, 2.75) is 26.4 Å². The number of benzene rings is 2. The first-order chi connectivity index (χ1) is 12.3. The summed E-state index contributed by atoms with van der Waals surface area (Å²) in [6.07, 6.45) is 0. The molecular formula is C19H21F2N3OS. The molecule has 0 aromatic heterocycles. The fourth-order valence-corrected chi connectivity index (χ4v) is 2.32. The zero-order valence-electron chi connectivity index (χ0n) is 14.6. The van der Waals surface area contributed by atoms with E-state index in [2.05, 4.69) is 41.3 Å². The Morgan fingerprint density at radius 2 is 1.62 bits per heavy atom. The van der Waals surface area contributed by atoms with Crippen molar-refractivity contribution >= 4 is 28.7 Å². The van der Waals surface area contributed by atoms with Gasteiger partial charge in [0.1, 0.15) is 5.75 Å². The standard InChI is InChI=1S/C19H21F2N3OS/c1-12(2)14-4-8-16(9-5-14)22-19(26)24-23-13(3)15-6-10-17(11-7-15)25-18(20)21/h4-12,18,23H,3H2,1-2H3,(H2,22,24,26). The van der Waals surface area contributed by atoms with Crippen LogP contribution in [0.2, 0.25) is 0 Å². The normalized spacial score (nSPS) is 10.5. The van der Waals surface area contributed by atoms with E-state index < -0.39 is 6.61 Å². The number of rotatable bonds is 7. The molecule has 0 bridgehead atoms. The molecule has 0 aliphatic carbocycles. The molecule has 0 saturated carbocycles. The summed E-state index contributed by atoms with van der Waals surface area (Å²) in [6.45, 7) is 5.30. The summed E-state index contributed by atoms with van der Waals surface area (Å²) in [5.74, 6) is 0.558. The zero-order valence-corrected chi connectivity index (χ0v) is 15.4. The number of nitrogens with one attached hydrogen (secondary N) is 3. The van der Waals surface area contributed by atoms with Gasteiger partial charge in [-0.05, 0) is 65.7 Å². The fraction of sp³-hybridized carbons (Fsp3) is 0.211. The van der Waals surface area contributed by atoms with Crippen molar-refractivity contribution in [1.82, 2.24) is 10.9 Å². The Hall–Kier alpha value is -2.67. The molecular weight excluding hydrogens is 356 g/mol. The topological polar surface area (TPSA) is 45.3 Å². The summed E-state index contributed by atoms with van der Waals surface area (Å²) < 4.78 is 28.6. The van der Waals surface area contributed by atoms with E-state index in [4.69, 9.17) is 12.2 Å². The highest BCUT2D eigenvalue weighted by atomic mass is 32.1. The van der Waals surface area contributed by atoms with Crippen LogP contribution in [0.4, 0.5) is 14.5 Å². The van der Waals surface area contributed by atoms with Gasteiger partial charge in [-0.25, -0.2) is 0 Å². The highest BCUT2D eigenvalue weighted by Gasteiger charge is 2.05. The Morgan fingerprint density at radius 1 is 1.00 bits per heavy atom. The van der Waals surface area contributed by atoms with Crippen LogP contribution in [0.5, 0.6) is 5.75 Å². The summed E-state index contributed by atoms with van der Waals surface area (Å²) >= 11 is 5.23. The number of anilines is 1. The van der Waals surface area contributed by atoms with Crippen molar-refractivity contribution in [3.8, 4) is 5.75 Å². The van der Waals surface area contributed by atoms with Crippen molar-refractivity contribution in [3.05, 3.63) is 66.2 Å². The van der Waals surface area contributed by atoms with Crippen molar-refractivity contribution in [1.29, 1.82) is 0 Å². The lowest BCUT2D eigenvalue weighted by atomic mass is 10.0. The molecule has 0 saturated heterocycles. The number of alkyl halides is 2. The second kappa shape index (κ2) is 9.15. The second-order valence-electron chi connectivity index (χ2n) is 5.86. The highest BCUT2D eigenvalue weighted by molar-refractivity contribution is 7.80. The third-order valence-electron chi connectivity index (χ3n) is 3.59. The van der Waals surface area contributed by atoms with Gasteiger partial charge in [0, 0.05) is 5.69 Å². The largest absolute Gasteiger partial charge is 0.435 e. The molecule has 0 heterocycles. The number of hydrogen-bond donors (Lipinski definition) is 3. The minimum atomic E-state index is -2.85. The zero-order chi connectivity index (χ0) is 19.1. The maximum absolute atomic E-state index is 12.1. The first-order valence-electron chi connectivity index (χ1n) is 8.02. The van der Waals surface area contributed by atoms with Crippen molar-refractivity contribution in [3.63, 3.8) is 0 Å². The lowest BCUT2D eigenvalue weighted by Crippen LogP contribution is -2.38. The van der Waals surface area contributed by atoms with E-state index in [0.29, 0.717) is 22.3 Å². The Balaban J connectivity index is 1.83. The van der Waals surface area contributed by atoms with Gasteiger partial charge in [0.25, 0.3) is 0 Å². The SMILES string of the molecule is C=C(NNC(=S)Nc1ccc(C(C)C)cc1)c1ccc(OC(F)F)cc1. The molecule has 0 atom stereocenters. The Kier molecular flexibility index (Phi) is 6.91. The predicted octanol–water partition coefficient (Wildman–Crippen LogP) is 4.87. The monoisotopic (exact) mass is 377 g/mol. The lowest BCUT2D eigenvalue weighted by molar-refractivity contribution is -0.0498. The summed E-state index contributed by atoms with van der Waals surface area (Å²) in [6, 6.07) is 14.1. The Bertz CT molecular complexity index is 746. The quantitative estimate of drug-likeness (QED) is 0.474. The molecule has 0 aliphatic rings. The first-order valence-corrected chi connectivity index (χ1v) is 8.43. The molecule has 0 spiro atoms. The summed E-state index contributed by atoms with van der Waals surface area (Å²) in [5.41, 5.74) is 9.07. The van der Waals surface area contributed by atoms with Gasteiger partial charge < -0.3 is 10.1 Å². The van der Waals surface area contributed by atoms with E-state index in [1.165, 1.54) is 17.7 Å². The molecule has 138 valence electrons. The van der Waals surface area contributed by atoms with Gasteiger partial charge in [0.05, 0.1) is 5.70 Å². The molecule has 0 unspecified atom stereocenters. The number of hydrazine groups is 1. The van der Waals surface area contributed by atoms with Crippen LogP contribution in [-0.4, -0.2) is 11.7 Å². The van der Waals surface area contributed by atoms with Gasteiger partial charge in [0.2, 0.25) is 0 Å². The van der Waals surface area contributed by atoms with Crippen LogP contribution >= 0.6 is 12.2 Å². The van der Waals surface area contributed by atoms with E-state index in [1.807, 2.05) is 24.3 Å². The fourth-order valence-electron chi connectivity index (χ4n) is 2.16. The van der Waals surface area contributed by atoms with Gasteiger partial charge in [-0.15, -0.1) is 0 Å². The van der Waals surface area contributed by atoms with Crippen molar-refractivity contribution in [2.24, 2.45) is 0 Å². The van der Waals surface area contributed by atoms with E-state index >= 15 is 0 Å². The molecule has 0 fully saturated rings.